The Kier molecular flexibility index (Phi) is 4.43. The highest BCUT2D eigenvalue weighted by atomic mass is 35.5. The Morgan fingerprint density at radius 1 is 1.47 bits per heavy atom. The molecule has 0 amide bonds. The van der Waals surface area contributed by atoms with E-state index in [0.29, 0.717) is 5.92 Å². The van der Waals surface area contributed by atoms with E-state index < -0.39 is 0 Å². The Balaban J connectivity index is 2.23. The van der Waals surface area contributed by atoms with Crippen molar-refractivity contribution in [2.75, 3.05) is 20.2 Å². The molecule has 2 atom stereocenters. The fourth-order valence-electron chi connectivity index (χ4n) is 2.62. The van der Waals surface area contributed by atoms with Crippen molar-refractivity contribution in [3.63, 3.8) is 0 Å². The third kappa shape index (κ3) is 3.01. The highest BCUT2D eigenvalue weighted by Gasteiger charge is 2.27. The fourth-order valence-corrected chi connectivity index (χ4v) is 2.84. The zero-order chi connectivity index (χ0) is 12.3. The molecule has 1 saturated heterocycles. The largest absolute Gasteiger partial charge is 0.373 e. The first-order valence-corrected chi connectivity index (χ1v) is 6.62. The van der Waals surface area contributed by atoms with Crippen LogP contribution in [0.1, 0.15) is 30.1 Å². The van der Waals surface area contributed by atoms with Gasteiger partial charge in [0.15, 0.2) is 0 Å². The van der Waals surface area contributed by atoms with Gasteiger partial charge in [0.2, 0.25) is 0 Å². The van der Waals surface area contributed by atoms with Crippen LogP contribution in [0.15, 0.2) is 18.2 Å². The van der Waals surface area contributed by atoms with Crippen LogP contribution in [0.5, 0.6) is 0 Å². The summed E-state index contributed by atoms with van der Waals surface area (Å²) < 4.78 is 5.97. The first kappa shape index (κ1) is 12.9. The van der Waals surface area contributed by atoms with E-state index in [0.717, 1.165) is 24.6 Å². The average Bonchev–Trinajstić information content (AvgIpc) is 2.31. The van der Waals surface area contributed by atoms with E-state index in [4.69, 9.17) is 16.3 Å². The molecule has 2 unspecified atom stereocenters. The van der Waals surface area contributed by atoms with Crippen LogP contribution in [0.4, 0.5) is 0 Å². The molecule has 1 heterocycles. The van der Waals surface area contributed by atoms with Gasteiger partial charge in [-0.1, -0.05) is 17.7 Å². The van der Waals surface area contributed by atoms with Crippen LogP contribution >= 0.6 is 11.6 Å². The monoisotopic (exact) mass is 253 g/mol. The van der Waals surface area contributed by atoms with Crippen LogP contribution < -0.4 is 5.32 Å². The quantitative estimate of drug-likeness (QED) is 0.892. The maximum absolute atomic E-state index is 6.00. The van der Waals surface area contributed by atoms with Crippen LogP contribution in [0.2, 0.25) is 5.02 Å². The lowest BCUT2D eigenvalue weighted by atomic mass is 9.87. The molecule has 1 aromatic rings. The summed E-state index contributed by atoms with van der Waals surface area (Å²) in [4.78, 5) is 0. The van der Waals surface area contributed by atoms with Crippen molar-refractivity contribution in [2.45, 2.75) is 25.9 Å². The van der Waals surface area contributed by atoms with Gasteiger partial charge in [0.05, 0.1) is 6.10 Å². The summed E-state index contributed by atoms with van der Waals surface area (Å²) in [5.41, 5.74) is 2.51. The van der Waals surface area contributed by atoms with Gasteiger partial charge in [0.25, 0.3) is 0 Å². The third-order valence-electron chi connectivity index (χ3n) is 3.45. The van der Waals surface area contributed by atoms with E-state index in [1.165, 1.54) is 17.5 Å². The van der Waals surface area contributed by atoms with Gasteiger partial charge < -0.3 is 10.1 Å². The molecule has 2 nitrogen and oxygen atoms in total. The molecule has 0 spiro atoms. The number of ether oxygens (including phenoxy) is 1. The van der Waals surface area contributed by atoms with Gasteiger partial charge in [0.1, 0.15) is 0 Å². The number of hydrogen-bond donors (Lipinski definition) is 1. The van der Waals surface area contributed by atoms with Gasteiger partial charge in [-0.2, -0.15) is 0 Å². The van der Waals surface area contributed by atoms with Gasteiger partial charge in [-0.05, 0) is 50.1 Å². The van der Waals surface area contributed by atoms with Crippen molar-refractivity contribution in [3.8, 4) is 0 Å². The lowest BCUT2D eigenvalue weighted by molar-refractivity contribution is -0.0275. The molecule has 2 rings (SSSR count). The number of rotatable bonds is 3. The molecular formula is C14H20ClNO. The highest BCUT2D eigenvalue weighted by Crippen LogP contribution is 2.35. The zero-order valence-electron chi connectivity index (χ0n) is 10.5. The summed E-state index contributed by atoms with van der Waals surface area (Å²) >= 11 is 6.00. The Morgan fingerprint density at radius 2 is 2.29 bits per heavy atom. The maximum Gasteiger partial charge on any atom is 0.0867 e. The van der Waals surface area contributed by atoms with Crippen molar-refractivity contribution in [1.29, 1.82) is 0 Å². The molecule has 3 heteroatoms. The van der Waals surface area contributed by atoms with Crippen LogP contribution in [-0.4, -0.2) is 20.2 Å². The van der Waals surface area contributed by atoms with Gasteiger partial charge >= 0.3 is 0 Å². The van der Waals surface area contributed by atoms with E-state index in [9.17, 15) is 0 Å². The lowest BCUT2D eigenvalue weighted by Gasteiger charge is -2.33. The molecule has 17 heavy (non-hydrogen) atoms. The van der Waals surface area contributed by atoms with E-state index in [2.05, 4.69) is 18.3 Å². The summed E-state index contributed by atoms with van der Waals surface area (Å²) in [5.74, 6) is 0.564. The molecular weight excluding hydrogens is 234 g/mol. The number of aryl methyl sites for hydroxylation is 1. The van der Waals surface area contributed by atoms with Crippen LogP contribution in [0.25, 0.3) is 0 Å². The summed E-state index contributed by atoms with van der Waals surface area (Å²) in [6, 6.07) is 6.08. The number of nitrogens with one attached hydrogen (secondary N) is 1. The van der Waals surface area contributed by atoms with E-state index in [1.807, 2.05) is 19.2 Å². The Labute approximate surface area is 108 Å². The van der Waals surface area contributed by atoms with Gasteiger partial charge in [-0.15, -0.1) is 0 Å². The van der Waals surface area contributed by atoms with E-state index >= 15 is 0 Å². The third-order valence-corrected chi connectivity index (χ3v) is 3.68. The van der Waals surface area contributed by atoms with Crippen molar-refractivity contribution < 1.29 is 4.74 Å². The average molecular weight is 254 g/mol. The molecule has 1 aliphatic heterocycles. The van der Waals surface area contributed by atoms with Gasteiger partial charge in [-0.25, -0.2) is 0 Å². The molecule has 1 aliphatic rings. The molecule has 1 fully saturated rings. The maximum atomic E-state index is 6.00. The van der Waals surface area contributed by atoms with Crippen LogP contribution in [0.3, 0.4) is 0 Å². The molecule has 0 aliphatic carbocycles. The van der Waals surface area contributed by atoms with Crippen LogP contribution in [0, 0.1) is 12.8 Å². The molecule has 0 aromatic heterocycles. The normalized spacial score (nSPS) is 24.9. The fraction of sp³-hybridized carbons (Fsp3) is 0.571. The van der Waals surface area contributed by atoms with Crippen molar-refractivity contribution in [2.24, 2.45) is 5.92 Å². The molecule has 0 bridgehead atoms. The summed E-state index contributed by atoms with van der Waals surface area (Å²) in [7, 11) is 2.00. The topological polar surface area (TPSA) is 21.3 Å². The molecule has 1 N–H and O–H groups in total. The van der Waals surface area contributed by atoms with E-state index in [-0.39, 0.29) is 6.10 Å². The first-order chi connectivity index (χ1) is 8.22. The van der Waals surface area contributed by atoms with Crippen molar-refractivity contribution in [3.05, 3.63) is 34.3 Å². The van der Waals surface area contributed by atoms with Crippen molar-refractivity contribution >= 4 is 11.6 Å². The number of benzene rings is 1. The number of halogens is 1. The molecule has 0 saturated carbocycles. The predicted octanol–water partition coefficient (Wildman–Crippen LogP) is 3.34. The first-order valence-electron chi connectivity index (χ1n) is 6.24. The molecule has 1 aromatic carbocycles. The Hall–Kier alpha value is -0.570. The van der Waals surface area contributed by atoms with Gasteiger partial charge in [0, 0.05) is 24.1 Å². The summed E-state index contributed by atoms with van der Waals surface area (Å²) in [6.07, 6.45) is 2.61. The number of hydrogen-bond acceptors (Lipinski definition) is 2. The standard InChI is InChI=1S/C14H20ClNO/c1-10-8-12(15)5-6-13(10)14-11(9-16-2)4-3-7-17-14/h5-6,8,11,14,16H,3-4,7,9H2,1-2H3. The highest BCUT2D eigenvalue weighted by molar-refractivity contribution is 6.30. The smallest absolute Gasteiger partial charge is 0.0867 e. The summed E-state index contributed by atoms with van der Waals surface area (Å²) in [5, 5.41) is 4.06. The SMILES string of the molecule is CNCC1CCCOC1c1ccc(Cl)cc1C. The minimum absolute atomic E-state index is 0.216. The molecule has 94 valence electrons. The van der Waals surface area contributed by atoms with E-state index in [1.54, 1.807) is 0 Å². The lowest BCUT2D eigenvalue weighted by Crippen LogP contribution is -2.30. The van der Waals surface area contributed by atoms with Gasteiger partial charge in [-0.3, -0.25) is 0 Å². The minimum atomic E-state index is 0.216. The predicted molar refractivity (Wildman–Crippen MR) is 71.5 cm³/mol. The van der Waals surface area contributed by atoms with Crippen molar-refractivity contribution in [1.82, 2.24) is 5.32 Å². The Bertz CT molecular complexity index is 378. The second-order valence-corrected chi connectivity index (χ2v) is 5.19. The second-order valence-electron chi connectivity index (χ2n) is 4.75. The van der Waals surface area contributed by atoms with Crippen LogP contribution in [-0.2, 0) is 4.74 Å². The zero-order valence-corrected chi connectivity index (χ0v) is 11.3. The Morgan fingerprint density at radius 3 is 3.00 bits per heavy atom. The minimum Gasteiger partial charge on any atom is -0.373 e. The second kappa shape index (κ2) is 5.85. The summed E-state index contributed by atoms with van der Waals surface area (Å²) in [6.45, 7) is 3.98. The molecule has 0 radical (unpaired) electrons.